The Hall–Kier alpha value is -6.24. The lowest BCUT2D eigenvalue weighted by Gasteiger charge is -2.28. The maximum absolute atomic E-state index is 14.1. The van der Waals surface area contributed by atoms with E-state index in [4.69, 9.17) is 38.0 Å². The summed E-state index contributed by atoms with van der Waals surface area (Å²) in [7, 11) is 0. The number of para-hydroxylation sites is 1. The second kappa shape index (κ2) is 13.2. The van der Waals surface area contributed by atoms with Crippen LogP contribution in [0.4, 0.5) is 22.4 Å². The number of hydrogen-bond donors (Lipinski definition) is 5. The third-order valence-corrected chi connectivity index (χ3v) is 8.11. The Bertz CT molecular complexity index is 2140. The van der Waals surface area contributed by atoms with Crippen LogP contribution in [0, 0.1) is 11.3 Å². The van der Waals surface area contributed by atoms with Crippen LogP contribution in [0.3, 0.4) is 0 Å². The fourth-order valence-electron chi connectivity index (χ4n) is 5.62. The van der Waals surface area contributed by atoms with Crippen LogP contribution in [0.5, 0.6) is 0 Å². The minimum atomic E-state index is -0.773. The fourth-order valence-corrected chi connectivity index (χ4v) is 5.87. The van der Waals surface area contributed by atoms with E-state index in [-0.39, 0.29) is 64.5 Å². The minimum absolute atomic E-state index is 0.0336. The standard InChI is InChI=1S/C32H27ClN10O5/c33-22-7-4-8-23-25(22)30(45)43(19-5-2-1-3-6-19)28(38-23)24-13-20(16-42(24)27-21(14-34)26(35)39-31(36)40-27)48-32(46)37-15-17-9-11-18(12-10-17)29(44)41-47/h1-12,20,24,47H,13,15-16H2,(H,37,46)(H,41,44)(H4,35,36,39,40)/t20-,24-/m0/s1. The zero-order valence-electron chi connectivity index (χ0n) is 25.0. The molecule has 2 amide bonds. The lowest BCUT2D eigenvalue weighted by Crippen LogP contribution is -2.33. The topological polar surface area (TPSA) is 227 Å². The molecule has 2 atom stereocenters. The van der Waals surface area contributed by atoms with Crippen molar-refractivity contribution >= 4 is 52.1 Å². The number of amides is 2. The average Bonchev–Trinajstić information content (AvgIpc) is 3.50. The summed E-state index contributed by atoms with van der Waals surface area (Å²) in [6, 6.07) is 21.3. The van der Waals surface area contributed by atoms with Crippen LogP contribution < -0.4 is 32.7 Å². The molecule has 0 radical (unpaired) electrons. The third-order valence-electron chi connectivity index (χ3n) is 7.80. The molecule has 0 spiro atoms. The lowest BCUT2D eigenvalue weighted by molar-refractivity contribution is 0.0706. The molecule has 1 aliphatic heterocycles. The Kier molecular flexibility index (Phi) is 8.75. The molecule has 15 nitrogen and oxygen atoms in total. The molecule has 0 saturated carbocycles. The highest BCUT2D eigenvalue weighted by molar-refractivity contribution is 6.35. The molecule has 6 rings (SSSR count). The fraction of sp³-hybridized carbons (Fsp3) is 0.156. The maximum atomic E-state index is 14.1. The van der Waals surface area contributed by atoms with Crippen molar-refractivity contribution in [3.05, 3.63) is 111 Å². The van der Waals surface area contributed by atoms with Crippen LogP contribution >= 0.6 is 11.6 Å². The number of hydrogen-bond acceptors (Lipinski definition) is 12. The number of ether oxygens (including phenoxy) is 1. The van der Waals surface area contributed by atoms with Crippen molar-refractivity contribution in [1.29, 1.82) is 5.26 Å². The number of benzene rings is 3. The molecule has 1 fully saturated rings. The SMILES string of the molecule is N#Cc1c(N)nc(N)nc1N1C[C@@H](OC(=O)NCc2ccc(C(=O)NO)cc2)C[C@H]1c1nc2cccc(Cl)c2c(=O)n1-c1ccccc1. The van der Waals surface area contributed by atoms with Crippen LogP contribution in [-0.4, -0.2) is 49.4 Å². The van der Waals surface area contributed by atoms with Crippen molar-refractivity contribution in [2.45, 2.75) is 25.1 Å². The van der Waals surface area contributed by atoms with Gasteiger partial charge in [0.1, 0.15) is 29.4 Å². The van der Waals surface area contributed by atoms with Gasteiger partial charge in [0.2, 0.25) is 5.95 Å². The monoisotopic (exact) mass is 666 g/mol. The highest BCUT2D eigenvalue weighted by atomic mass is 35.5. The number of nitrogens with zero attached hydrogens (tertiary/aromatic N) is 6. The molecule has 0 aliphatic carbocycles. The molecular weight excluding hydrogens is 640 g/mol. The van der Waals surface area contributed by atoms with Crippen molar-refractivity contribution in [2.24, 2.45) is 0 Å². The van der Waals surface area contributed by atoms with Crippen molar-refractivity contribution in [2.75, 3.05) is 22.9 Å². The summed E-state index contributed by atoms with van der Waals surface area (Å²) in [4.78, 5) is 53.6. The number of carbonyl (C=O) groups excluding carboxylic acids is 2. The summed E-state index contributed by atoms with van der Waals surface area (Å²) in [5.41, 5.74) is 14.9. The van der Waals surface area contributed by atoms with E-state index in [1.165, 1.54) is 16.7 Å². The van der Waals surface area contributed by atoms with Gasteiger partial charge in [0.05, 0.1) is 34.2 Å². The van der Waals surface area contributed by atoms with Gasteiger partial charge in [-0.25, -0.2) is 15.3 Å². The largest absolute Gasteiger partial charge is 0.444 e. The van der Waals surface area contributed by atoms with Crippen LogP contribution in [0.25, 0.3) is 16.6 Å². The first kappa shape index (κ1) is 31.7. The van der Waals surface area contributed by atoms with E-state index in [2.05, 4.69) is 15.3 Å². The van der Waals surface area contributed by atoms with E-state index in [9.17, 15) is 19.6 Å². The Morgan fingerprint density at radius 3 is 2.50 bits per heavy atom. The smallest absolute Gasteiger partial charge is 0.407 e. The third kappa shape index (κ3) is 6.12. The number of aromatic nitrogens is 4. The molecule has 5 aromatic rings. The Morgan fingerprint density at radius 2 is 1.79 bits per heavy atom. The number of hydroxylamine groups is 1. The number of nitriles is 1. The Balaban J connectivity index is 1.38. The number of carbonyl (C=O) groups is 2. The summed E-state index contributed by atoms with van der Waals surface area (Å²) in [5, 5.41) is 22.0. The number of alkyl carbamates (subject to hydrolysis) is 1. The average molecular weight is 667 g/mol. The molecule has 16 heteroatoms. The van der Waals surface area contributed by atoms with Gasteiger partial charge >= 0.3 is 6.09 Å². The molecule has 48 heavy (non-hydrogen) atoms. The number of nitrogens with two attached hydrogens (primary N) is 2. The Morgan fingerprint density at radius 1 is 1.04 bits per heavy atom. The van der Waals surface area contributed by atoms with Gasteiger partial charge in [0, 0.05) is 18.5 Å². The van der Waals surface area contributed by atoms with Crippen LogP contribution in [0.2, 0.25) is 5.02 Å². The van der Waals surface area contributed by atoms with Crippen molar-refractivity contribution in [3.8, 4) is 11.8 Å². The minimum Gasteiger partial charge on any atom is -0.444 e. The number of anilines is 3. The molecule has 242 valence electrons. The Labute approximate surface area is 277 Å². The van der Waals surface area contributed by atoms with Gasteiger partial charge in [0.25, 0.3) is 11.5 Å². The highest BCUT2D eigenvalue weighted by Gasteiger charge is 2.41. The lowest BCUT2D eigenvalue weighted by atomic mass is 10.1. The van der Waals surface area contributed by atoms with E-state index in [1.54, 1.807) is 65.0 Å². The predicted octanol–water partition coefficient (Wildman–Crippen LogP) is 3.23. The molecule has 0 unspecified atom stereocenters. The number of fused-ring (bicyclic) bond motifs is 1. The van der Waals surface area contributed by atoms with Gasteiger partial charge in [-0.05, 0) is 42.0 Å². The van der Waals surface area contributed by atoms with Gasteiger partial charge < -0.3 is 26.4 Å². The quantitative estimate of drug-likeness (QED) is 0.125. The first-order chi connectivity index (χ1) is 23.2. The van der Waals surface area contributed by atoms with Crippen LogP contribution in [0.1, 0.15) is 39.8 Å². The van der Waals surface area contributed by atoms with Gasteiger partial charge in [-0.15, -0.1) is 0 Å². The van der Waals surface area contributed by atoms with Crippen molar-refractivity contribution < 1.29 is 19.5 Å². The van der Waals surface area contributed by atoms with E-state index in [0.717, 1.165) is 0 Å². The number of nitrogens with one attached hydrogen (secondary N) is 2. The van der Waals surface area contributed by atoms with Crippen molar-refractivity contribution in [1.82, 2.24) is 30.3 Å². The maximum Gasteiger partial charge on any atom is 0.407 e. The first-order valence-corrected chi connectivity index (χ1v) is 14.9. The summed E-state index contributed by atoms with van der Waals surface area (Å²) >= 11 is 6.48. The molecular formula is C32H27ClN10O5. The van der Waals surface area contributed by atoms with E-state index >= 15 is 0 Å². The van der Waals surface area contributed by atoms with E-state index in [1.807, 2.05) is 12.1 Å². The predicted molar refractivity (Wildman–Crippen MR) is 175 cm³/mol. The molecule has 3 heterocycles. The van der Waals surface area contributed by atoms with Gasteiger partial charge in [0.15, 0.2) is 5.82 Å². The van der Waals surface area contributed by atoms with Crippen LogP contribution in [0.15, 0.2) is 77.6 Å². The number of halogens is 1. The van der Waals surface area contributed by atoms with Crippen molar-refractivity contribution in [3.63, 3.8) is 0 Å². The second-order valence-corrected chi connectivity index (χ2v) is 11.2. The highest BCUT2D eigenvalue weighted by Crippen LogP contribution is 2.39. The first-order valence-electron chi connectivity index (χ1n) is 14.5. The summed E-state index contributed by atoms with van der Waals surface area (Å²) in [6.07, 6.45) is -1.37. The summed E-state index contributed by atoms with van der Waals surface area (Å²) < 4.78 is 7.26. The molecule has 3 aromatic carbocycles. The summed E-state index contributed by atoms with van der Waals surface area (Å²) in [6.45, 7) is 0.115. The van der Waals surface area contributed by atoms with E-state index < -0.39 is 29.7 Å². The zero-order valence-corrected chi connectivity index (χ0v) is 25.8. The van der Waals surface area contributed by atoms with Gasteiger partial charge in [-0.2, -0.15) is 15.2 Å². The molecule has 1 saturated heterocycles. The van der Waals surface area contributed by atoms with Gasteiger partial charge in [-0.3, -0.25) is 19.4 Å². The molecule has 0 bridgehead atoms. The van der Waals surface area contributed by atoms with E-state index in [0.29, 0.717) is 16.8 Å². The zero-order chi connectivity index (χ0) is 33.9. The molecule has 2 aromatic heterocycles. The molecule has 7 N–H and O–H groups in total. The van der Waals surface area contributed by atoms with Gasteiger partial charge in [-0.1, -0.05) is 48.0 Å². The van der Waals surface area contributed by atoms with Crippen LogP contribution in [-0.2, 0) is 11.3 Å². The normalized spacial score (nSPS) is 15.6. The number of nitrogen functional groups attached to an aromatic ring is 2. The number of rotatable bonds is 7. The second-order valence-electron chi connectivity index (χ2n) is 10.8. The summed E-state index contributed by atoms with van der Waals surface area (Å²) in [5.74, 6) is -0.613. The molecule has 1 aliphatic rings.